The Labute approximate surface area is 105 Å². The molecule has 1 amide bonds. The average Bonchev–Trinajstić information content (AvgIpc) is 2.26. The molecule has 0 aromatic rings. The van der Waals surface area contributed by atoms with E-state index in [2.05, 4.69) is 31.4 Å². The van der Waals surface area contributed by atoms with Crippen molar-refractivity contribution in [2.24, 2.45) is 5.41 Å². The molecule has 0 aromatic carbocycles. The van der Waals surface area contributed by atoms with Gasteiger partial charge in [0.1, 0.15) is 0 Å². The summed E-state index contributed by atoms with van der Waals surface area (Å²) in [6.07, 6.45) is 2.73. The predicted octanol–water partition coefficient (Wildman–Crippen LogP) is 1.29. The Kier molecular flexibility index (Phi) is 8.17. The third kappa shape index (κ3) is 9.12. The van der Waals surface area contributed by atoms with Crippen molar-refractivity contribution in [3.63, 3.8) is 0 Å². The highest BCUT2D eigenvalue weighted by atomic mass is 16.2. The lowest BCUT2D eigenvalue weighted by atomic mass is 9.88. The predicted molar refractivity (Wildman–Crippen MR) is 70.9 cm³/mol. The van der Waals surface area contributed by atoms with Crippen molar-refractivity contribution in [2.75, 3.05) is 19.7 Å². The summed E-state index contributed by atoms with van der Waals surface area (Å²) < 4.78 is 0. The van der Waals surface area contributed by atoms with Crippen LogP contribution in [-0.2, 0) is 4.79 Å². The first kappa shape index (κ1) is 16.4. The van der Waals surface area contributed by atoms with E-state index in [9.17, 15) is 4.79 Å². The zero-order valence-corrected chi connectivity index (χ0v) is 11.7. The van der Waals surface area contributed by atoms with Gasteiger partial charge in [-0.05, 0) is 31.6 Å². The molecule has 1 unspecified atom stereocenters. The van der Waals surface area contributed by atoms with E-state index >= 15 is 0 Å². The quantitative estimate of drug-likeness (QED) is 0.573. The first-order valence-electron chi connectivity index (χ1n) is 6.52. The van der Waals surface area contributed by atoms with Gasteiger partial charge in [0, 0.05) is 19.2 Å². The van der Waals surface area contributed by atoms with Crippen molar-refractivity contribution in [1.82, 2.24) is 10.6 Å². The minimum absolute atomic E-state index is 0.0531. The number of carbonyl (C=O) groups is 1. The van der Waals surface area contributed by atoms with Crippen LogP contribution in [0.25, 0.3) is 0 Å². The summed E-state index contributed by atoms with van der Waals surface area (Å²) in [5, 5.41) is 14.9. The van der Waals surface area contributed by atoms with E-state index < -0.39 is 0 Å². The van der Waals surface area contributed by atoms with Crippen LogP contribution in [0.4, 0.5) is 0 Å². The molecule has 4 nitrogen and oxygen atoms in total. The van der Waals surface area contributed by atoms with Gasteiger partial charge in [0.25, 0.3) is 0 Å². The van der Waals surface area contributed by atoms with Crippen LogP contribution >= 0.6 is 0 Å². The van der Waals surface area contributed by atoms with Crippen LogP contribution in [0.5, 0.6) is 0 Å². The minimum Gasteiger partial charge on any atom is -0.396 e. The van der Waals surface area contributed by atoms with Gasteiger partial charge < -0.3 is 15.7 Å². The van der Waals surface area contributed by atoms with Crippen molar-refractivity contribution in [3.8, 4) is 0 Å². The summed E-state index contributed by atoms with van der Waals surface area (Å²) in [5.74, 6) is 0.0531. The van der Waals surface area contributed by atoms with Gasteiger partial charge in [-0.1, -0.05) is 20.8 Å². The Balaban J connectivity index is 3.71. The minimum atomic E-state index is 0.0531. The normalized spacial score (nSPS) is 13.5. The highest BCUT2D eigenvalue weighted by Crippen LogP contribution is 2.20. The van der Waals surface area contributed by atoms with E-state index in [1.165, 1.54) is 0 Å². The summed E-state index contributed by atoms with van der Waals surface area (Å²) in [7, 11) is 0. The lowest BCUT2D eigenvalue weighted by molar-refractivity contribution is -0.120. The van der Waals surface area contributed by atoms with Crippen molar-refractivity contribution >= 4 is 5.91 Å². The summed E-state index contributed by atoms with van der Waals surface area (Å²) >= 11 is 0. The number of hydrogen-bond donors (Lipinski definition) is 3. The SMILES string of the molecule is CCC(C)NC(=O)CNCC(C)(C)CCCO. The Hall–Kier alpha value is -0.610. The fourth-order valence-corrected chi connectivity index (χ4v) is 1.59. The maximum absolute atomic E-state index is 11.5. The fraction of sp³-hybridized carbons (Fsp3) is 0.923. The molecular formula is C13H28N2O2. The van der Waals surface area contributed by atoms with Crippen LogP contribution < -0.4 is 10.6 Å². The molecule has 0 aliphatic carbocycles. The van der Waals surface area contributed by atoms with Crippen molar-refractivity contribution in [1.29, 1.82) is 0 Å². The van der Waals surface area contributed by atoms with E-state index in [1.54, 1.807) is 0 Å². The number of carbonyl (C=O) groups excluding carboxylic acids is 1. The first-order chi connectivity index (χ1) is 7.91. The van der Waals surface area contributed by atoms with Gasteiger partial charge in [-0.15, -0.1) is 0 Å². The smallest absolute Gasteiger partial charge is 0.234 e. The second-order valence-corrected chi connectivity index (χ2v) is 5.47. The lowest BCUT2D eigenvalue weighted by Crippen LogP contribution is -2.41. The third-order valence-electron chi connectivity index (χ3n) is 2.92. The monoisotopic (exact) mass is 244 g/mol. The summed E-state index contributed by atoms with van der Waals surface area (Å²) in [6, 6.07) is 0.242. The number of aliphatic hydroxyl groups excluding tert-OH is 1. The van der Waals surface area contributed by atoms with Crippen molar-refractivity contribution in [2.45, 2.75) is 53.0 Å². The van der Waals surface area contributed by atoms with Gasteiger partial charge in [0.15, 0.2) is 0 Å². The number of nitrogens with one attached hydrogen (secondary N) is 2. The van der Waals surface area contributed by atoms with Crippen LogP contribution in [0.2, 0.25) is 0 Å². The molecule has 0 fully saturated rings. The Morgan fingerprint density at radius 2 is 2.06 bits per heavy atom. The highest BCUT2D eigenvalue weighted by molar-refractivity contribution is 5.78. The van der Waals surface area contributed by atoms with Crippen molar-refractivity contribution < 1.29 is 9.90 Å². The van der Waals surface area contributed by atoms with Gasteiger partial charge in [-0.3, -0.25) is 4.79 Å². The number of hydrogen-bond acceptors (Lipinski definition) is 3. The van der Waals surface area contributed by atoms with E-state index in [-0.39, 0.29) is 24.0 Å². The molecule has 0 heterocycles. The summed E-state index contributed by atoms with van der Waals surface area (Å²) in [6.45, 7) is 9.73. The molecule has 0 aromatic heterocycles. The molecular weight excluding hydrogens is 216 g/mol. The summed E-state index contributed by atoms with van der Waals surface area (Å²) in [5.41, 5.74) is 0.124. The zero-order valence-electron chi connectivity index (χ0n) is 11.7. The molecule has 0 aliphatic rings. The van der Waals surface area contributed by atoms with E-state index in [4.69, 9.17) is 5.11 Å². The standard InChI is InChI=1S/C13H28N2O2/c1-5-11(2)15-12(17)9-14-10-13(3,4)7-6-8-16/h11,14,16H,5-10H2,1-4H3,(H,15,17). The molecule has 1 atom stereocenters. The second kappa shape index (κ2) is 8.48. The molecule has 0 rings (SSSR count). The molecule has 3 N–H and O–H groups in total. The molecule has 0 saturated heterocycles. The summed E-state index contributed by atoms with van der Waals surface area (Å²) in [4.78, 5) is 11.5. The van der Waals surface area contributed by atoms with Gasteiger partial charge in [0.05, 0.1) is 6.54 Å². The van der Waals surface area contributed by atoms with Crippen LogP contribution in [-0.4, -0.2) is 36.8 Å². The van der Waals surface area contributed by atoms with E-state index in [1.807, 2.05) is 6.92 Å². The van der Waals surface area contributed by atoms with E-state index in [0.29, 0.717) is 6.54 Å². The topological polar surface area (TPSA) is 61.4 Å². The van der Waals surface area contributed by atoms with Crippen LogP contribution in [0, 0.1) is 5.41 Å². The fourth-order valence-electron chi connectivity index (χ4n) is 1.59. The second-order valence-electron chi connectivity index (χ2n) is 5.47. The molecule has 0 saturated carbocycles. The number of amides is 1. The number of aliphatic hydroxyl groups is 1. The van der Waals surface area contributed by atoms with Crippen LogP contribution in [0.3, 0.4) is 0 Å². The van der Waals surface area contributed by atoms with Gasteiger partial charge in [-0.25, -0.2) is 0 Å². The molecule has 102 valence electrons. The van der Waals surface area contributed by atoms with Gasteiger partial charge in [0.2, 0.25) is 5.91 Å². The lowest BCUT2D eigenvalue weighted by Gasteiger charge is -2.24. The molecule has 0 aliphatic heterocycles. The number of rotatable bonds is 9. The average molecular weight is 244 g/mol. The molecule has 0 spiro atoms. The Morgan fingerprint density at radius 1 is 1.41 bits per heavy atom. The Bertz CT molecular complexity index is 217. The van der Waals surface area contributed by atoms with Crippen molar-refractivity contribution in [3.05, 3.63) is 0 Å². The largest absolute Gasteiger partial charge is 0.396 e. The highest BCUT2D eigenvalue weighted by Gasteiger charge is 2.17. The van der Waals surface area contributed by atoms with Gasteiger partial charge >= 0.3 is 0 Å². The molecule has 0 bridgehead atoms. The Morgan fingerprint density at radius 3 is 2.59 bits per heavy atom. The van der Waals surface area contributed by atoms with Crippen LogP contribution in [0.1, 0.15) is 47.0 Å². The van der Waals surface area contributed by atoms with Crippen LogP contribution in [0.15, 0.2) is 0 Å². The molecule has 17 heavy (non-hydrogen) atoms. The van der Waals surface area contributed by atoms with E-state index in [0.717, 1.165) is 25.8 Å². The molecule has 4 heteroatoms. The maximum atomic E-state index is 11.5. The zero-order chi connectivity index (χ0) is 13.3. The van der Waals surface area contributed by atoms with Gasteiger partial charge in [-0.2, -0.15) is 0 Å². The molecule has 0 radical (unpaired) electrons. The third-order valence-corrected chi connectivity index (χ3v) is 2.92. The first-order valence-corrected chi connectivity index (χ1v) is 6.52. The maximum Gasteiger partial charge on any atom is 0.234 e.